The maximum absolute atomic E-state index is 12.9. The molecule has 0 spiro atoms. The number of rotatable bonds is 8. The van der Waals surface area contributed by atoms with Gasteiger partial charge in [-0.15, -0.1) is 0 Å². The molecule has 10 heteroatoms. The molecule has 3 rings (SSSR count). The predicted molar refractivity (Wildman–Crippen MR) is 115 cm³/mol. The fourth-order valence-corrected chi connectivity index (χ4v) is 4.97. The second-order valence-electron chi connectivity index (χ2n) is 7.43. The predicted octanol–water partition coefficient (Wildman–Crippen LogP) is 3.57. The van der Waals surface area contributed by atoms with Crippen molar-refractivity contribution in [2.75, 3.05) is 19.0 Å². The molecule has 0 radical (unpaired) electrons. The summed E-state index contributed by atoms with van der Waals surface area (Å²) in [5, 5.41) is 13.4. The Labute approximate surface area is 181 Å². The number of nitro benzene ring substituents is 1. The van der Waals surface area contributed by atoms with E-state index < -0.39 is 20.9 Å². The normalized spacial score (nSPS) is 14.9. The standard InChI is InChI=1S/C21H25N3O6S/c1-23(17-6-3-2-4-7-17)31(28,29)20-12-10-16(11-13-20)22-21(25)15-30-19-9-5-8-18(14-19)24(26)27/h5,8-14,17H,2-4,6-7,15H2,1H3,(H,22,25). The highest BCUT2D eigenvalue weighted by Crippen LogP contribution is 2.27. The van der Waals surface area contributed by atoms with Crippen molar-refractivity contribution in [1.29, 1.82) is 0 Å². The van der Waals surface area contributed by atoms with Gasteiger partial charge in [-0.3, -0.25) is 14.9 Å². The number of amides is 1. The van der Waals surface area contributed by atoms with Crippen LogP contribution >= 0.6 is 0 Å². The van der Waals surface area contributed by atoms with Crippen LogP contribution in [0.1, 0.15) is 32.1 Å². The Balaban J connectivity index is 1.57. The van der Waals surface area contributed by atoms with E-state index in [1.54, 1.807) is 7.05 Å². The number of anilines is 1. The number of hydrogen-bond donors (Lipinski definition) is 1. The van der Waals surface area contributed by atoms with Crippen LogP contribution in [0, 0.1) is 10.1 Å². The van der Waals surface area contributed by atoms with E-state index >= 15 is 0 Å². The molecule has 0 aliphatic heterocycles. The summed E-state index contributed by atoms with van der Waals surface area (Å²) in [4.78, 5) is 22.5. The number of hydrogen-bond acceptors (Lipinski definition) is 6. The van der Waals surface area contributed by atoms with E-state index in [0.717, 1.165) is 32.1 Å². The van der Waals surface area contributed by atoms with Crippen molar-refractivity contribution in [2.24, 2.45) is 0 Å². The molecule has 0 aromatic heterocycles. The number of sulfonamides is 1. The molecule has 1 amide bonds. The van der Waals surface area contributed by atoms with Crippen molar-refractivity contribution in [3.63, 3.8) is 0 Å². The molecule has 1 aliphatic rings. The number of carbonyl (C=O) groups excluding carboxylic acids is 1. The Morgan fingerprint density at radius 3 is 2.48 bits per heavy atom. The first kappa shape index (κ1) is 22.7. The van der Waals surface area contributed by atoms with Crippen LogP contribution in [0.2, 0.25) is 0 Å². The summed E-state index contributed by atoms with van der Waals surface area (Å²) in [5.41, 5.74) is 0.291. The number of nitrogens with one attached hydrogen (secondary N) is 1. The van der Waals surface area contributed by atoms with E-state index in [-0.39, 0.29) is 29.0 Å². The number of ether oxygens (including phenoxy) is 1. The summed E-state index contributed by atoms with van der Waals surface area (Å²) >= 11 is 0. The van der Waals surface area contributed by atoms with Gasteiger partial charge in [-0.1, -0.05) is 25.3 Å². The van der Waals surface area contributed by atoms with Gasteiger partial charge in [0.1, 0.15) is 5.75 Å². The third-order valence-electron chi connectivity index (χ3n) is 5.30. The van der Waals surface area contributed by atoms with Gasteiger partial charge in [0.15, 0.2) is 6.61 Å². The maximum atomic E-state index is 12.9. The van der Waals surface area contributed by atoms with Gasteiger partial charge in [0, 0.05) is 24.8 Å². The molecule has 0 atom stereocenters. The number of nitro groups is 1. The van der Waals surface area contributed by atoms with Crippen LogP contribution in [0.5, 0.6) is 5.75 Å². The van der Waals surface area contributed by atoms with Crippen molar-refractivity contribution < 1.29 is 22.9 Å². The molecule has 2 aromatic rings. The molecule has 9 nitrogen and oxygen atoms in total. The van der Waals surface area contributed by atoms with Gasteiger partial charge < -0.3 is 10.1 Å². The van der Waals surface area contributed by atoms with Crippen LogP contribution < -0.4 is 10.1 Å². The SMILES string of the molecule is CN(C1CCCCC1)S(=O)(=O)c1ccc(NC(=O)COc2cccc([N+](=O)[O-])c2)cc1. The molecule has 1 fully saturated rings. The Morgan fingerprint density at radius 1 is 1.16 bits per heavy atom. The van der Waals surface area contributed by atoms with Crippen molar-refractivity contribution in [3.05, 3.63) is 58.6 Å². The van der Waals surface area contributed by atoms with E-state index in [9.17, 15) is 23.3 Å². The highest BCUT2D eigenvalue weighted by molar-refractivity contribution is 7.89. The Kier molecular flexibility index (Phi) is 7.24. The summed E-state index contributed by atoms with van der Waals surface area (Å²) in [6.45, 7) is -0.342. The van der Waals surface area contributed by atoms with Crippen LogP contribution in [0.3, 0.4) is 0 Å². The lowest BCUT2D eigenvalue weighted by molar-refractivity contribution is -0.384. The first-order valence-electron chi connectivity index (χ1n) is 10.0. The van der Waals surface area contributed by atoms with Gasteiger partial charge in [-0.05, 0) is 43.2 Å². The van der Waals surface area contributed by atoms with Crippen molar-refractivity contribution >= 4 is 27.3 Å². The van der Waals surface area contributed by atoms with E-state index in [1.807, 2.05) is 0 Å². The number of benzene rings is 2. The molecule has 0 unspecified atom stereocenters. The van der Waals surface area contributed by atoms with Gasteiger partial charge in [-0.25, -0.2) is 8.42 Å². The average molecular weight is 448 g/mol. The zero-order chi connectivity index (χ0) is 22.4. The van der Waals surface area contributed by atoms with E-state index in [0.29, 0.717) is 5.69 Å². The van der Waals surface area contributed by atoms with Gasteiger partial charge in [0.05, 0.1) is 15.9 Å². The molecule has 0 saturated heterocycles. The van der Waals surface area contributed by atoms with Gasteiger partial charge in [0.2, 0.25) is 10.0 Å². The lowest BCUT2D eigenvalue weighted by atomic mass is 9.96. The third-order valence-corrected chi connectivity index (χ3v) is 7.23. The molecule has 0 heterocycles. The largest absolute Gasteiger partial charge is 0.484 e. The molecule has 1 aliphatic carbocycles. The minimum atomic E-state index is -3.60. The van der Waals surface area contributed by atoms with Crippen LogP contribution in [-0.2, 0) is 14.8 Å². The Morgan fingerprint density at radius 2 is 1.84 bits per heavy atom. The summed E-state index contributed by atoms with van der Waals surface area (Å²) in [5.74, 6) is -0.266. The van der Waals surface area contributed by atoms with Crippen molar-refractivity contribution in [3.8, 4) is 5.75 Å². The highest BCUT2D eigenvalue weighted by Gasteiger charge is 2.28. The first-order chi connectivity index (χ1) is 14.8. The van der Waals surface area contributed by atoms with Crippen LogP contribution in [0.15, 0.2) is 53.4 Å². The minimum absolute atomic E-state index is 0.0177. The molecule has 31 heavy (non-hydrogen) atoms. The third kappa shape index (κ3) is 5.80. The smallest absolute Gasteiger partial charge is 0.273 e. The lowest BCUT2D eigenvalue weighted by Gasteiger charge is -2.30. The fourth-order valence-electron chi connectivity index (χ4n) is 3.55. The van der Waals surface area contributed by atoms with Crippen LogP contribution in [0.4, 0.5) is 11.4 Å². The number of non-ortho nitro benzene ring substituents is 1. The van der Waals surface area contributed by atoms with E-state index in [1.165, 1.54) is 52.8 Å². The molecule has 166 valence electrons. The van der Waals surface area contributed by atoms with Crippen molar-refractivity contribution in [1.82, 2.24) is 4.31 Å². The lowest BCUT2D eigenvalue weighted by Crippen LogP contribution is -2.38. The minimum Gasteiger partial charge on any atom is -0.484 e. The second-order valence-corrected chi connectivity index (χ2v) is 9.43. The maximum Gasteiger partial charge on any atom is 0.273 e. The Hall–Kier alpha value is -2.98. The summed E-state index contributed by atoms with van der Waals surface area (Å²) in [7, 11) is -1.98. The molecule has 1 N–H and O–H groups in total. The van der Waals surface area contributed by atoms with Crippen LogP contribution in [-0.4, -0.2) is 43.2 Å². The Bertz CT molecular complexity index is 1030. The summed E-state index contributed by atoms with van der Waals surface area (Å²) in [6, 6.07) is 11.5. The molecular formula is C21H25N3O6S. The monoisotopic (exact) mass is 447 g/mol. The summed E-state index contributed by atoms with van der Waals surface area (Å²) < 4.78 is 32.5. The molecule has 1 saturated carbocycles. The highest BCUT2D eigenvalue weighted by atomic mass is 32.2. The average Bonchev–Trinajstić information content (AvgIpc) is 2.78. The summed E-state index contributed by atoms with van der Waals surface area (Å²) in [6.07, 6.45) is 4.95. The fraction of sp³-hybridized carbons (Fsp3) is 0.381. The quantitative estimate of drug-likeness (QED) is 0.488. The van der Waals surface area contributed by atoms with E-state index in [2.05, 4.69) is 5.32 Å². The topological polar surface area (TPSA) is 119 Å². The van der Waals surface area contributed by atoms with Gasteiger partial charge in [0.25, 0.3) is 11.6 Å². The van der Waals surface area contributed by atoms with Gasteiger partial charge in [-0.2, -0.15) is 4.31 Å². The first-order valence-corrected chi connectivity index (χ1v) is 11.5. The second kappa shape index (κ2) is 9.88. The van der Waals surface area contributed by atoms with Crippen LogP contribution in [0.25, 0.3) is 0 Å². The number of nitrogens with zero attached hydrogens (tertiary/aromatic N) is 2. The molecule has 0 bridgehead atoms. The zero-order valence-electron chi connectivity index (χ0n) is 17.2. The van der Waals surface area contributed by atoms with Gasteiger partial charge >= 0.3 is 0 Å². The number of carbonyl (C=O) groups is 1. The molecule has 2 aromatic carbocycles. The van der Waals surface area contributed by atoms with Crippen molar-refractivity contribution in [2.45, 2.75) is 43.0 Å². The molecular weight excluding hydrogens is 422 g/mol. The zero-order valence-corrected chi connectivity index (χ0v) is 18.0. The van der Waals surface area contributed by atoms with E-state index in [4.69, 9.17) is 4.74 Å².